The number of carbonyl (C=O) groups is 2. The molecule has 3 N–H and O–H groups in total. The highest BCUT2D eigenvalue weighted by Gasteiger charge is 2.29. The highest BCUT2D eigenvalue weighted by molar-refractivity contribution is 6.01. The van der Waals surface area contributed by atoms with Crippen LogP contribution in [0.1, 0.15) is 12.0 Å². The fraction of sp³-hybridized carbons (Fsp3) is 0.467. The molecule has 1 aromatic rings. The predicted octanol–water partition coefficient (Wildman–Crippen LogP) is -0.585. The summed E-state index contributed by atoms with van der Waals surface area (Å²) in [7, 11) is 0. The van der Waals surface area contributed by atoms with Crippen molar-refractivity contribution >= 4 is 17.5 Å². The molecule has 1 saturated heterocycles. The van der Waals surface area contributed by atoms with Crippen LogP contribution in [0.2, 0.25) is 0 Å². The van der Waals surface area contributed by atoms with Crippen LogP contribution in [0, 0.1) is 0 Å². The topological polar surface area (TPSA) is 81.7 Å². The van der Waals surface area contributed by atoms with E-state index in [2.05, 4.69) is 10.6 Å². The normalized spacial score (nSPS) is 24.2. The first-order valence-electron chi connectivity index (χ1n) is 7.22. The minimum absolute atomic E-state index is 0.0693. The number of carbonyl (C=O) groups excluding carboxylic acids is 2. The second-order valence-electron chi connectivity index (χ2n) is 5.49. The lowest BCUT2D eigenvalue weighted by Crippen LogP contribution is -2.44. The van der Waals surface area contributed by atoms with Crippen LogP contribution in [0.4, 0.5) is 5.69 Å². The van der Waals surface area contributed by atoms with Crippen molar-refractivity contribution in [1.29, 1.82) is 0 Å². The Labute approximate surface area is 123 Å². The van der Waals surface area contributed by atoms with Crippen molar-refractivity contribution in [2.45, 2.75) is 25.0 Å². The van der Waals surface area contributed by atoms with Gasteiger partial charge in [-0.3, -0.25) is 9.59 Å². The first-order valence-corrected chi connectivity index (χ1v) is 7.22. The second kappa shape index (κ2) is 5.83. The summed E-state index contributed by atoms with van der Waals surface area (Å²) in [4.78, 5) is 25.6. The highest BCUT2D eigenvalue weighted by atomic mass is 16.3. The van der Waals surface area contributed by atoms with E-state index >= 15 is 0 Å². The molecule has 112 valence electrons. The number of β-amino-alcohol motifs (C(OH)–C–C–N with tert-alkyl or cyclic N) is 1. The summed E-state index contributed by atoms with van der Waals surface area (Å²) in [5, 5.41) is 15.2. The zero-order chi connectivity index (χ0) is 14.8. The molecule has 2 aliphatic rings. The molecule has 3 rings (SSSR count). The van der Waals surface area contributed by atoms with Crippen LogP contribution in [-0.4, -0.2) is 48.7 Å². The lowest BCUT2D eigenvalue weighted by atomic mass is 10.2. The molecule has 0 aliphatic carbocycles. The third-order valence-corrected chi connectivity index (χ3v) is 3.98. The van der Waals surface area contributed by atoms with Gasteiger partial charge in [0.05, 0.1) is 18.6 Å². The fourth-order valence-electron chi connectivity index (χ4n) is 2.89. The molecular weight excluding hydrogens is 270 g/mol. The molecule has 6 nitrogen and oxygen atoms in total. The first-order chi connectivity index (χ1) is 10.1. The number of para-hydroxylation sites is 1. The Morgan fingerprint density at radius 2 is 2.24 bits per heavy atom. The Hall–Kier alpha value is -1.92. The van der Waals surface area contributed by atoms with E-state index in [4.69, 9.17) is 0 Å². The lowest BCUT2D eigenvalue weighted by molar-refractivity contribution is -0.123. The minimum Gasteiger partial charge on any atom is -0.392 e. The van der Waals surface area contributed by atoms with Crippen molar-refractivity contribution in [3.05, 3.63) is 29.8 Å². The molecule has 1 aromatic carbocycles. The van der Waals surface area contributed by atoms with Gasteiger partial charge >= 0.3 is 0 Å². The summed E-state index contributed by atoms with van der Waals surface area (Å²) < 4.78 is 0. The SMILES string of the molecule is O=C(NCCN1C(=O)Cc2ccccc21)C1CC(O)CN1. The Bertz CT molecular complexity index is 561. The number of fused-ring (bicyclic) bond motifs is 1. The van der Waals surface area contributed by atoms with Gasteiger partial charge in [-0.15, -0.1) is 0 Å². The number of nitrogens with zero attached hydrogens (tertiary/aromatic N) is 1. The van der Waals surface area contributed by atoms with E-state index in [-0.39, 0.29) is 17.9 Å². The quantitative estimate of drug-likeness (QED) is 0.692. The van der Waals surface area contributed by atoms with Gasteiger partial charge in [-0.25, -0.2) is 0 Å². The maximum atomic E-state index is 12.0. The zero-order valence-electron chi connectivity index (χ0n) is 11.7. The van der Waals surface area contributed by atoms with Gasteiger partial charge in [0, 0.05) is 25.3 Å². The standard InChI is InChI=1S/C15H19N3O3/c19-11-8-12(17-9-11)15(21)16-5-6-18-13-4-2-1-3-10(13)7-14(18)20/h1-4,11-12,17,19H,5-9H2,(H,16,21). The molecule has 1 fully saturated rings. The van der Waals surface area contributed by atoms with E-state index in [9.17, 15) is 14.7 Å². The van der Waals surface area contributed by atoms with E-state index in [0.717, 1.165) is 11.3 Å². The van der Waals surface area contributed by atoms with Crippen LogP contribution in [-0.2, 0) is 16.0 Å². The molecule has 2 atom stereocenters. The average molecular weight is 289 g/mol. The third-order valence-electron chi connectivity index (χ3n) is 3.98. The molecular formula is C15H19N3O3. The Morgan fingerprint density at radius 3 is 3.00 bits per heavy atom. The summed E-state index contributed by atoms with van der Waals surface area (Å²) in [6.07, 6.45) is 0.422. The second-order valence-corrected chi connectivity index (χ2v) is 5.49. The van der Waals surface area contributed by atoms with Gasteiger partial charge in [-0.05, 0) is 18.1 Å². The minimum atomic E-state index is -0.451. The molecule has 0 aromatic heterocycles. The number of anilines is 1. The monoisotopic (exact) mass is 289 g/mol. The van der Waals surface area contributed by atoms with Gasteiger partial charge in [0.1, 0.15) is 0 Å². The van der Waals surface area contributed by atoms with E-state index in [0.29, 0.717) is 32.5 Å². The molecule has 2 amide bonds. The van der Waals surface area contributed by atoms with Gasteiger partial charge in [0.25, 0.3) is 0 Å². The number of amides is 2. The zero-order valence-corrected chi connectivity index (χ0v) is 11.7. The van der Waals surface area contributed by atoms with Gasteiger partial charge in [-0.2, -0.15) is 0 Å². The van der Waals surface area contributed by atoms with Crippen molar-refractivity contribution in [2.24, 2.45) is 0 Å². The molecule has 0 spiro atoms. The summed E-state index contributed by atoms with van der Waals surface area (Å²) >= 11 is 0. The van der Waals surface area contributed by atoms with Gasteiger partial charge in [0.15, 0.2) is 0 Å². The number of hydrogen-bond donors (Lipinski definition) is 3. The van der Waals surface area contributed by atoms with Gasteiger partial charge in [-0.1, -0.05) is 18.2 Å². The molecule has 0 bridgehead atoms. The number of hydrogen-bond acceptors (Lipinski definition) is 4. The van der Waals surface area contributed by atoms with Crippen molar-refractivity contribution in [2.75, 3.05) is 24.5 Å². The van der Waals surface area contributed by atoms with Crippen molar-refractivity contribution < 1.29 is 14.7 Å². The van der Waals surface area contributed by atoms with Crippen molar-refractivity contribution in [3.8, 4) is 0 Å². The summed E-state index contributed by atoms with van der Waals surface area (Å²) in [5.74, 6) is -0.0497. The van der Waals surface area contributed by atoms with Crippen LogP contribution >= 0.6 is 0 Å². The average Bonchev–Trinajstić information content (AvgIpc) is 3.03. The summed E-state index contributed by atoms with van der Waals surface area (Å²) in [6.45, 7) is 1.33. The summed E-state index contributed by atoms with van der Waals surface area (Å²) in [6, 6.07) is 7.38. The van der Waals surface area contributed by atoms with E-state index in [1.807, 2.05) is 24.3 Å². The molecule has 2 unspecified atom stereocenters. The third kappa shape index (κ3) is 2.91. The van der Waals surface area contributed by atoms with E-state index < -0.39 is 6.10 Å². The molecule has 6 heteroatoms. The number of aliphatic hydroxyl groups is 1. The van der Waals surface area contributed by atoms with Crippen LogP contribution in [0.15, 0.2) is 24.3 Å². The summed E-state index contributed by atoms with van der Waals surface area (Å²) in [5.41, 5.74) is 1.97. The molecule has 2 aliphatic heterocycles. The molecule has 0 saturated carbocycles. The smallest absolute Gasteiger partial charge is 0.237 e. The molecule has 2 heterocycles. The Kier molecular flexibility index (Phi) is 3.90. The number of benzene rings is 1. The first kappa shape index (κ1) is 14.0. The number of nitrogens with one attached hydrogen (secondary N) is 2. The van der Waals surface area contributed by atoms with E-state index in [1.165, 1.54) is 0 Å². The van der Waals surface area contributed by atoms with E-state index in [1.54, 1.807) is 4.90 Å². The predicted molar refractivity (Wildman–Crippen MR) is 77.9 cm³/mol. The number of aliphatic hydroxyl groups excluding tert-OH is 1. The lowest BCUT2D eigenvalue weighted by Gasteiger charge is -2.18. The van der Waals surface area contributed by atoms with Crippen molar-refractivity contribution in [1.82, 2.24) is 10.6 Å². The van der Waals surface area contributed by atoms with Crippen molar-refractivity contribution in [3.63, 3.8) is 0 Å². The number of rotatable bonds is 4. The fourth-order valence-corrected chi connectivity index (χ4v) is 2.89. The molecule has 21 heavy (non-hydrogen) atoms. The van der Waals surface area contributed by atoms with Crippen LogP contribution in [0.5, 0.6) is 0 Å². The Balaban J connectivity index is 1.52. The van der Waals surface area contributed by atoms with Crippen LogP contribution < -0.4 is 15.5 Å². The van der Waals surface area contributed by atoms with Crippen LogP contribution in [0.3, 0.4) is 0 Å². The van der Waals surface area contributed by atoms with Crippen LogP contribution in [0.25, 0.3) is 0 Å². The Morgan fingerprint density at radius 1 is 1.43 bits per heavy atom. The molecule has 0 radical (unpaired) electrons. The maximum Gasteiger partial charge on any atom is 0.237 e. The van der Waals surface area contributed by atoms with Gasteiger partial charge in [0.2, 0.25) is 11.8 Å². The largest absolute Gasteiger partial charge is 0.392 e. The van der Waals surface area contributed by atoms with Gasteiger partial charge < -0.3 is 20.6 Å². The highest BCUT2D eigenvalue weighted by Crippen LogP contribution is 2.27. The maximum absolute atomic E-state index is 12.0.